The summed E-state index contributed by atoms with van der Waals surface area (Å²) in [5.74, 6) is -0.168. The van der Waals surface area contributed by atoms with Crippen molar-refractivity contribution in [3.63, 3.8) is 0 Å². The molecule has 0 saturated carbocycles. The first-order valence-corrected chi connectivity index (χ1v) is 11.8. The van der Waals surface area contributed by atoms with Crippen LogP contribution in [0.1, 0.15) is 10.4 Å². The van der Waals surface area contributed by atoms with Crippen LogP contribution in [0.25, 0.3) is 10.4 Å². The highest BCUT2D eigenvalue weighted by molar-refractivity contribution is 7.13. The number of anilines is 4. The minimum Gasteiger partial charge on any atom is -0.397 e. The molecule has 1 aliphatic heterocycles. The number of piperazine rings is 1. The summed E-state index contributed by atoms with van der Waals surface area (Å²) in [6.07, 6.45) is 3.66. The highest BCUT2D eigenvalue weighted by Crippen LogP contribution is 2.30. The second-order valence-electron chi connectivity index (χ2n) is 7.96. The van der Waals surface area contributed by atoms with E-state index < -0.39 is 0 Å². The third-order valence-corrected chi connectivity index (χ3v) is 6.83. The Morgan fingerprint density at radius 1 is 0.879 bits per heavy atom. The number of benzene rings is 2. The van der Waals surface area contributed by atoms with Crippen LogP contribution in [-0.2, 0) is 0 Å². The molecule has 1 fully saturated rings. The third kappa shape index (κ3) is 4.68. The molecule has 0 bridgehead atoms. The number of carbonyl (C=O) groups excluding carboxylic acids is 1. The van der Waals surface area contributed by atoms with Crippen molar-refractivity contribution in [1.82, 2.24) is 4.98 Å². The van der Waals surface area contributed by atoms with E-state index in [0.717, 1.165) is 42.3 Å². The molecular formula is C26H25N5OS. The van der Waals surface area contributed by atoms with Gasteiger partial charge in [0.1, 0.15) is 0 Å². The molecule has 0 aliphatic carbocycles. The molecule has 7 heteroatoms. The van der Waals surface area contributed by atoms with Gasteiger partial charge in [0.05, 0.1) is 11.4 Å². The molecule has 6 nitrogen and oxygen atoms in total. The average Bonchev–Trinajstić information content (AvgIpc) is 3.41. The summed E-state index contributed by atoms with van der Waals surface area (Å²) in [4.78, 5) is 22.8. The van der Waals surface area contributed by atoms with Crippen molar-refractivity contribution in [1.29, 1.82) is 0 Å². The van der Waals surface area contributed by atoms with Gasteiger partial charge >= 0.3 is 0 Å². The van der Waals surface area contributed by atoms with Gasteiger partial charge in [-0.1, -0.05) is 12.1 Å². The van der Waals surface area contributed by atoms with Crippen molar-refractivity contribution in [2.45, 2.75) is 0 Å². The SMILES string of the molecule is Nc1ccc(-c2cccs2)cc1NC(=O)c1ccc(N2CCN(c3ccncc3)CC2)cc1. The Balaban J connectivity index is 1.23. The molecule has 1 saturated heterocycles. The molecule has 0 unspecified atom stereocenters. The summed E-state index contributed by atoms with van der Waals surface area (Å²) in [5.41, 5.74) is 11.3. The third-order valence-electron chi connectivity index (χ3n) is 5.91. The molecule has 1 aliphatic rings. The Labute approximate surface area is 197 Å². The number of thiophene rings is 1. The van der Waals surface area contributed by atoms with Crippen LogP contribution in [0.4, 0.5) is 22.7 Å². The van der Waals surface area contributed by atoms with Gasteiger partial charge < -0.3 is 20.9 Å². The molecule has 3 heterocycles. The monoisotopic (exact) mass is 455 g/mol. The summed E-state index contributed by atoms with van der Waals surface area (Å²) in [6, 6.07) is 21.7. The molecule has 0 radical (unpaired) electrons. The Hall–Kier alpha value is -3.84. The molecule has 2 aromatic carbocycles. The number of nitrogen functional groups attached to an aromatic ring is 1. The van der Waals surface area contributed by atoms with E-state index in [2.05, 4.69) is 26.2 Å². The van der Waals surface area contributed by atoms with Gasteiger partial charge in [0.2, 0.25) is 0 Å². The number of nitrogens with one attached hydrogen (secondary N) is 1. The van der Waals surface area contributed by atoms with Crippen molar-refractivity contribution in [2.75, 3.05) is 47.0 Å². The van der Waals surface area contributed by atoms with Crippen LogP contribution in [0.2, 0.25) is 0 Å². The van der Waals surface area contributed by atoms with Gasteiger partial charge in [-0.25, -0.2) is 0 Å². The quantitative estimate of drug-likeness (QED) is 0.416. The fourth-order valence-corrected chi connectivity index (χ4v) is 4.78. The summed E-state index contributed by atoms with van der Waals surface area (Å²) in [7, 11) is 0. The van der Waals surface area contributed by atoms with E-state index in [1.165, 1.54) is 5.69 Å². The Bertz CT molecular complexity index is 1220. The lowest BCUT2D eigenvalue weighted by Gasteiger charge is -2.37. The number of rotatable bonds is 5. The zero-order chi connectivity index (χ0) is 22.6. The standard InChI is InChI=1S/C26H25N5OS/c27-23-8-5-20(25-2-1-17-33-25)18-24(23)29-26(32)19-3-6-21(7-4-19)30-13-15-31(16-14-30)22-9-11-28-12-10-22/h1-12,17-18H,13-16,27H2,(H,29,32). The highest BCUT2D eigenvalue weighted by Gasteiger charge is 2.18. The van der Waals surface area contributed by atoms with Crippen molar-refractivity contribution < 1.29 is 4.79 Å². The summed E-state index contributed by atoms with van der Waals surface area (Å²) in [6.45, 7) is 3.76. The zero-order valence-corrected chi connectivity index (χ0v) is 19.0. The molecule has 0 spiro atoms. The molecule has 166 valence electrons. The molecule has 4 aromatic rings. The maximum atomic E-state index is 12.9. The second kappa shape index (κ2) is 9.34. The van der Waals surface area contributed by atoms with Gasteiger partial charge in [-0.05, 0) is 65.5 Å². The molecule has 33 heavy (non-hydrogen) atoms. The van der Waals surface area contributed by atoms with Crippen LogP contribution in [-0.4, -0.2) is 37.1 Å². The number of nitrogens with zero attached hydrogens (tertiary/aromatic N) is 3. The normalized spacial score (nSPS) is 13.7. The van der Waals surface area contributed by atoms with Gasteiger partial charge in [0, 0.05) is 60.4 Å². The van der Waals surface area contributed by atoms with Crippen LogP contribution >= 0.6 is 11.3 Å². The maximum Gasteiger partial charge on any atom is 0.255 e. The van der Waals surface area contributed by atoms with Crippen LogP contribution in [0.3, 0.4) is 0 Å². The predicted molar refractivity (Wildman–Crippen MR) is 137 cm³/mol. The van der Waals surface area contributed by atoms with Crippen molar-refractivity contribution in [3.8, 4) is 10.4 Å². The summed E-state index contributed by atoms with van der Waals surface area (Å²) >= 11 is 1.66. The van der Waals surface area contributed by atoms with E-state index >= 15 is 0 Å². The van der Waals surface area contributed by atoms with Gasteiger partial charge in [-0.3, -0.25) is 9.78 Å². The largest absolute Gasteiger partial charge is 0.397 e. The first kappa shape index (κ1) is 21.0. The maximum absolute atomic E-state index is 12.9. The zero-order valence-electron chi connectivity index (χ0n) is 18.1. The molecule has 2 aromatic heterocycles. The smallest absolute Gasteiger partial charge is 0.255 e. The van der Waals surface area contributed by atoms with Crippen molar-refractivity contribution >= 4 is 40.0 Å². The number of carbonyl (C=O) groups is 1. The molecular weight excluding hydrogens is 430 g/mol. The second-order valence-corrected chi connectivity index (χ2v) is 8.91. The molecule has 3 N–H and O–H groups in total. The lowest BCUT2D eigenvalue weighted by molar-refractivity contribution is 0.102. The van der Waals surface area contributed by atoms with E-state index in [-0.39, 0.29) is 5.91 Å². The number of hydrogen-bond donors (Lipinski definition) is 2. The van der Waals surface area contributed by atoms with Crippen molar-refractivity contribution in [3.05, 3.63) is 90.1 Å². The Morgan fingerprint density at radius 3 is 2.18 bits per heavy atom. The minimum absolute atomic E-state index is 0.168. The Kier molecular flexibility index (Phi) is 5.95. The predicted octanol–water partition coefficient (Wildman–Crippen LogP) is 4.97. The van der Waals surface area contributed by atoms with Crippen LogP contribution in [0, 0.1) is 0 Å². The topological polar surface area (TPSA) is 74.5 Å². The average molecular weight is 456 g/mol. The van der Waals surface area contributed by atoms with E-state index in [1.54, 1.807) is 11.3 Å². The van der Waals surface area contributed by atoms with Gasteiger partial charge in [0.15, 0.2) is 0 Å². The molecule has 0 atom stereocenters. The van der Waals surface area contributed by atoms with Gasteiger partial charge in [-0.15, -0.1) is 11.3 Å². The van der Waals surface area contributed by atoms with Crippen molar-refractivity contribution in [2.24, 2.45) is 0 Å². The van der Waals surface area contributed by atoms with Crippen LogP contribution < -0.4 is 20.9 Å². The first-order valence-electron chi connectivity index (χ1n) is 10.9. The fraction of sp³-hybridized carbons (Fsp3) is 0.154. The van der Waals surface area contributed by atoms with Crippen LogP contribution in [0.15, 0.2) is 84.5 Å². The molecule has 5 rings (SSSR count). The van der Waals surface area contributed by atoms with E-state index in [0.29, 0.717) is 16.9 Å². The van der Waals surface area contributed by atoms with Gasteiger partial charge in [0.25, 0.3) is 5.91 Å². The summed E-state index contributed by atoms with van der Waals surface area (Å²) in [5, 5.41) is 5.00. The highest BCUT2D eigenvalue weighted by atomic mass is 32.1. The molecule has 1 amide bonds. The number of aromatic nitrogens is 1. The van der Waals surface area contributed by atoms with E-state index in [4.69, 9.17) is 5.73 Å². The minimum atomic E-state index is -0.168. The number of amides is 1. The Morgan fingerprint density at radius 2 is 1.55 bits per heavy atom. The number of hydrogen-bond acceptors (Lipinski definition) is 6. The van der Waals surface area contributed by atoms with E-state index in [9.17, 15) is 4.79 Å². The number of pyridine rings is 1. The van der Waals surface area contributed by atoms with Crippen LogP contribution in [0.5, 0.6) is 0 Å². The number of nitrogens with two attached hydrogens (primary N) is 1. The van der Waals surface area contributed by atoms with Gasteiger partial charge in [-0.2, -0.15) is 0 Å². The fourth-order valence-electron chi connectivity index (χ4n) is 4.06. The lowest BCUT2D eigenvalue weighted by atomic mass is 10.1. The summed E-state index contributed by atoms with van der Waals surface area (Å²) < 4.78 is 0. The van der Waals surface area contributed by atoms with E-state index in [1.807, 2.05) is 78.4 Å². The first-order chi connectivity index (χ1) is 16.2. The lowest BCUT2D eigenvalue weighted by Crippen LogP contribution is -2.46.